The molecule has 2 aromatic heterocycles. The van der Waals surface area contributed by atoms with Crippen molar-refractivity contribution in [3.63, 3.8) is 0 Å². The van der Waals surface area contributed by atoms with E-state index in [1.54, 1.807) is 0 Å². The Balaban J connectivity index is 1.34. The molecular formula is C22H27N5O. The summed E-state index contributed by atoms with van der Waals surface area (Å²) in [6, 6.07) is 15.1. The average Bonchev–Trinajstić information content (AvgIpc) is 3.20. The maximum absolute atomic E-state index is 5.45. The molecule has 28 heavy (non-hydrogen) atoms. The number of aromatic nitrogens is 3. The predicted octanol–water partition coefficient (Wildman–Crippen LogP) is 3.45. The fourth-order valence-corrected chi connectivity index (χ4v) is 3.52. The van der Waals surface area contributed by atoms with Crippen LogP contribution in [0, 0.1) is 0 Å². The van der Waals surface area contributed by atoms with Crippen molar-refractivity contribution in [2.24, 2.45) is 0 Å². The Morgan fingerprint density at radius 1 is 1.07 bits per heavy atom. The van der Waals surface area contributed by atoms with Crippen LogP contribution >= 0.6 is 0 Å². The van der Waals surface area contributed by atoms with Crippen molar-refractivity contribution in [3.05, 3.63) is 60.0 Å². The third-order valence-corrected chi connectivity index (χ3v) is 5.46. The highest BCUT2D eigenvalue weighted by atomic mass is 16.5. The Morgan fingerprint density at radius 3 is 2.68 bits per heavy atom. The van der Waals surface area contributed by atoms with Crippen LogP contribution in [0.1, 0.15) is 24.7 Å². The number of piperazine rings is 1. The van der Waals surface area contributed by atoms with Gasteiger partial charge < -0.3 is 14.3 Å². The molecule has 1 aliphatic heterocycles. The van der Waals surface area contributed by atoms with E-state index in [-0.39, 0.29) is 0 Å². The van der Waals surface area contributed by atoms with Crippen molar-refractivity contribution in [2.45, 2.75) is 32.2 Å². The fraction of sp³-hybridized carbons (Fsp3) is 0.409. The first-order valence-corrected chi connectivity index (χ1v) is 9.97. The molecule has 3 aromatic rings. The fourth-order valence-electron chi connectivity index (χ4n) is 3.52. The number of likely N-dealkylation sites (N-methyl/N-ethyl adjacent to an activating group) is 1. The second-order valence-corrected chi connectivity index (χ2v) is 7.54. The van der Waals surface area contributed by atoms with E-state index in [0.717, 1.165) is 56.1 Å². The zero-order valence-corrected chi connectivity index (χ0v) is 16.6. The number of hydrogen-bond acceptors (Lipinski definition) is 6. The quantitative estimate of drug-likeness (QED) is 0.656. The number of aryl methyl sites for hydroxylation is 2. The zero-order chi connectivity index (χ0) is 19.3. The van der Waals surface area contributed by atoms with Gasteiger partial charge in [-0.25, -0.2) is 4.98 Å². The van der Waals surface area contributed by atoms with Crippen LogP contribution < -0.4 is 4.90 Å². The number of nitrogens with zero attached hydrogens (tertiary/aromatic N) is 5. The molecule has 6 nitrogen and oxygen atoms in total. The largest absolute Gasteiger partial charge is 0.354 e. The lowest BCUT2D eigenvalue weighted by Crippen LogP contribution is -2.50. The van der Waals surface area contributed by atoms with E-state index in [1.807, 2.05) is 24.4 Å². The summed E-state index contributed by atoms with van der Waals surface area (Å²) in [5.41, 5.74) is 2.21. The minimum absolute atomic E-state index is 0.532. The van der Waals surface area contributed by atoms with Crippen molar-refractivity contribution in [3.8, 4) is 11.5 Å². The van der Waals surface area contributed by atoms with Crippen LogP contribution in [0.3, 0.4) is 0 Å². The molecule has 1 fully saturated rings. The summed E-state index contributed by atoms with van der Waals surface area (Å²) in [7, 11) is 2.17. The molecule has 0 saturated carbocycles. The van der Waals surface area contributed by atoms with E-state index in [0.29, 0.717) is 11.9 Å². The molecule has 0 N–H and O–H groups in total. The van der Waals surface area contributed by atoms with Crippen LogP contribution in [0.2, 0.25) is 0 Å². The first kappa shape index (κ1) is 18.6. The van der Waals surface area contributed by atoms with E-state index in [4.69, 9.17) is 4.52 Å². The number of hydrogen-bond donors (Lipinski definition) is 0. The van der Waals surface area contributed by atoms with Gasteiger partial charge in [-0.2, -0.15) is 4.98 Å². The molecule has 0 bridgehead atoms. The van der Waals surface area contributed by atoms with E-state index in [1.165, 1.54) is 5.56 Å². The van der Waals surface area contributed by atoms with Crippen LogP contribution in [0.25, 0.3) is 11.5 Å². The predicted molar refractivity (Wildman–Crippen MR) is 110 cm³/mol. The van der Waals surface area contributed by atoms with Gasteiger partial charge in [0.05, 0.1) is 5.56 Å². The van der Waals surface area contributed by atoms with Gasteiger partial charge in [-0.1, -0.05) is 35.5 Å². The molecule has 1 saturated heterocycles. The summed E-state index contributed by atoms with van der Waals surface area (Å²) in [6.45, 7) is 5.30. The second-order valence-electron chi connectivity index (χ2n) is 7.54. The minimum atomic E-state index is 0.532. The van der Waals surface area contributed by atoms with Crippen molar-refractivity contribution in [1.82, 2.24) is 20.0 Å². The van der Waals surface area contributed by atoms with Gasteiger partial charge in [0.1, 0.15) is 5.82 Å². The van der Waals surface area contributed by atoms with E-state index in [9.17, 15) is 0 Å². The number of pyridine rings is 1. The van der Waals surface area contributed by atoms with Gasteiger partial charge in [0, 0.05) is 38.3 Å². The zero-order valence-electron chi connectivity index (χ0n) is 16.6. The van der Waals surface area contributed by atoms with Gasteiger partial charge in [-0.3, -0.25) is 0 Å². The molecule has 0 radical (unpaired) electrons. The van der Waals surface area contributed by atoms with Gasteiger partial charge in [0.15, 0.2) is 5.82 Å². The molecule has 1 aliphatic rings. The van der Waals surface area contributed by atoms with Gasteiger partial charge in [0.25, 0.3) is 5.89 Å². The highest BCUT2D eigenvalue weighted by Gasteiger charge is 2.21. The summed E-state index contributed by atoms with van der Waals surface area (Å²) in [6.07, 6.45) is 4.66. The average molecular weight is 377 g/mol. The SMILES string of the molecule is C[C@H]1CN(c2ccc(-c3nc(CCCc4ccccc4)no3)cn2)CCN1C. The molecule has 0 aliphatic carbocycles. The molecule has 0 unspecified atom stereocenters. The van der Waals surface area contributed by atoms with Crippen molar-refractivity contribution >= 4 is 5.82 Å². The number of rotatable bonds is 6. The molecule has 4 rings (SSSR count). The monoisotopic (exact) mass is 377 g/mol. The first-order valence-electron chi connectivity index (χ1n) is 9.97. The molecule has 0 amide bonds. The van der Waals surface area contributed by atoms with Crippen LogP contribution in [0.15, 0.2) is 53.2 Å². The lowest BCUT2D eigenvalue weighted by Gasteiger charge is -2.38. The second kappa shape index (κ2) is 8.52. The molecule has 3 heterocycles. The van der Waals surface area contributed by atoms with Crippen LogP contribution in [0.4, 0.5) is 5.82 Å². The Labute approximate surface area is 166 Å². The minimum Gasteiger partial charge on any atom is -0.354 e. The van der Waals surface area contributed by atoms with Gasteiger partial charge >= 0.3 is 0 Å². The summed E-state index contributed by atoms with van der Waals surface area (Å²) in [4.78, 5) is 13.9. The third kappa shape index (κ3) is 4.39. The maximum Gasteiger partial charge on any atom is 0.259 e. The summed E-state index contributed by atoms with van der Waals surface area (Å²) in [5, 5.41) is 4.12. The summed E-state index contributed by atoms with van der Waals surface area (Å²) in [5.74, 6) is 2.30. The highest BCUT2D eigenvalue weighted by Crippen LogP contribution is 2.21. The lowest BCUT2D eigenvalue weighted by atomic mass is 10.1. The molecule has 1 atom stereocenters. The van der Waals surface area contributed by atoms with Gasteiger partial charge in [0.2, 0.25) is 0 Å². The molecule has 1 aromatic carbocycles. The smallest absolute Gasteiger partial charge is 0.259 e. The number of anilines is 1. The van der Waals surface area contributed by atoms with Crippen molar-refractivity contribution in [2.75, 3.05) is 31.6 Å². The standard InChI is InChI=1S/C22H27N5O/c1-17-16-27(14-13-26(17)2)21-12-11-19(15-23-21)22-24-20(25-28-22)10-6-9-18-7-4-3-5-8-18/h3-5,7-8,11-12,15,17H,6,9-10,13-14,16H2,1-2H3/t17-/m0/s1. The van der Waals surface area contributed by atoms with Gasteiger partial charge in [-0.05, 0) is 44.5 Å². The maximum atomic E-state index is 5.45. The van der Waals surface area contributed by atoms with Crippen LogP contribution in [-0.2, 0) is 12.8 Å². The highest BCUT2D eigenvalue weighted by molar-refractivity contribution is 5.54. The molecule has 6 heteroatoms. The Bertz CT molecular complexity index is 877. The van der Waals surface area contributed by atoms with Crippen LogP contribution in [-0.4, -0.2) is 52.7 Å². The summed E-state index contributed by atoms with van der Waals surface area (Å²) < 4.78 is 5.45. The van der Waals surface area contributed by atoms with E-state index >= 15 is 0 Å². The molecule has 0 spiro atoms. The van der Waals surface area contributed by atoms with Crippen molar-refractivity contribution in [1.29, 1.82) is 0 Å². The summed E-state index contributed by atoms with van der Waals surface area (Å²) >= 11 is 0. The molecular weight excluding hydrogens is 350 g/mol. The Hall–Kier alpha value is -2.73. The Morgan fingerprint density at radius 2 is 1.93 bits per heavy atom. The van der Waals surface area contributed by atoms with Gasteiger partial charge in [-0.15, -0.1) is 0 Å². The Kier molecular flexibility index (Phi) is 5.67. The topological polar surface area (TPSA) is 58.3 Å². The van der Waals surface area contributed by atoms with E-state index < -0.39 is 0 Å². The lowest BCUT2D eigenvalue weighted by molar-refractivity contribution is 0.233. The first-order chi connectivity index (χ1) is 13.7. The number of benzene rings is 1. The van der Waals surface area contributed by atoms with Crippen molar-refractivity contribution < 1.29 is 4.52 Å². The van der Waals surface area contributed by atoms with E-state index in [2.05, 4.69) is 63.2 Å². The molecule has 146 valence electrons. The third-order valence-electron chi connectivity index (χ3n) is 5.46. The van der Waals surface area contributed by atoms with Crippen LogP contribution in [0.5, 0.6) is 0 Å². The normalized spacial score (nSPS) is 17.8.